The topological polar surface area (TPSA) is 94.1 Å². The maximum absolute atomic E-state index is 14.9. The molecular weight excluding hydrogens is 436 g/mol. The number of hydrogen-bond acceptors (Lipinski definition) is 5. The van der Waals surface area contributed by atoms with E-state index in [4.69, 9.17) is 5.14 Å². The summed E-state index contributed by atoms with van der Waals surface area (Å²) in [5.41, 5.74) is 2.16. The summed E-state index contributed by atoms with van der Waals surface area (Å²) >= 11 is 0. The fourth-order valence-corrected chi connectivity index (χ4v) is 4.39. The van der Waals surface area contributed by atoms with Gasteiger partial charge < -0.3 is 0 Å². The first-order valence-corrected chi connectivity index (χ1v) is 11.9. The number of aryl methyl sites for hydroxylation is 1. The fourth-order valence-electron chi connectivity index (χ4n) is 3.87. The Balaban J connectivity index is 1.70. The SMILES string of the molecule is Cc1cccc(Cc2nc(CN3CCC(F)CC3)nn2-c2ccc(S(N)(=O)=O)cc2F)c1. The number of piperidine rings is 1. The molecule has 0 aliphatic carbocycles. The van der Waals surface area contributed by atoms with Crippen molar-refractivity contribution in [1.29, 1.82) is 0 Å². The van der Waals surface area contributed by atoms with E-state index in [1.807, 2.05) is 31.2 Å². The van der Waals surface area contributed by atoms with Crippen molar-refractivity contribution in [3.63, 3.8) is 0 Å². The maximum atomic E-state index is 14.9. The molecule has 1 fully saturated rings. The van der Waals surface area contributed by atoms with Crippen LogP contribution in [0, 0.1) is 12.7 Å². The predicted molar refractivity (Wildman–Crippen MR) is 116 cm³/mol. The van der Waals surface area contributed by atoms with Crippen molar-refractivity contribution in [2.45, 2.75) is 43.8 Å². The lowest BCUT2D eigenvalue weighted by atomic mass is 10.1. The van der Waals surface area contributed by atoms with E-state index < -0.39 is 22.0 Å². The number of likely N-dealkylation sites (tertiary alicyclic amines) is 1. The van der Waals surface area contributed by atoms with Crippen LogP contribution in [-0.4, -0.2) is 47.3 Å². The number of aromatic nitrogens is 3. The molecule has 1 aromatic heterocycles. The average Bonchev–Trinajstić information content (AvgIpc) is 3.10. The summed E-state index contributed by atoms with van der Waals surface area (Å²) in [4.78, 5) is 6.41. The Morgan fingerprint density at radius 2 is 1.91 bits per heavy atom. The van der Waals surface area contributed by atoms with Crippen LogP contribution < -0.4 is 5.14 Å². The van der Waals surface area contributed by atoms with Gasteiger partial charge in [0.05, 0.1) is 11.4 Å². The Labute approximate surface area is 185 Å². The Morgan fingerprint density at radius 3 is 2.56 bits per heavy atom. The van der Waals surface area contributed by atoms with Gasteiger partial charge in [-0.1, -0.05) is 29.8 Å². The van der Waals surface area contributed by atoms with E-state index in [1.54, 1.807) is 0 Å². The summed E-state index contributed by atoms with van der Waals surface area (Å²) < 4.78 is 52.9. The van der Waals surface area contributed by atoms with Crippen LogP contribution in [-0.2, 0) is 23.0 Å². The monoisotopic (exact) mass is 461 g/mol. The van der Waals surface area contributed by atoms with Gasteiger partial charge in [-0.2, -0.15) is 0 Å². The normalized spacial score (nSPS) is 15.9. The predicted octanol–water partition coefficient (Wildman–Crippen LogP) is 2.89. The van der Waals surface area contributed by atoms with Gasteiger partial charge in [-0.15, -0.1) is 5.10 Å². The second-order valence-corrected chi connectivity index (χ2v) is 9.69. The van der Waals surface area contributed by atoms with Crippen molar-refractivity contribution < 1.29 is 17.2 Å². The maximum Gasteiger partial charge on any atom is 0.238 e. The van der Waals surface area contributed by atoms with Crippen molar-refractivity contribution in [2.75, 3.05) is 13.1 Å². The molecule has 1 aliphatic rings. The van der Waals surface area contributed by atoms with Crippen LogP contribution in [0.15, 0.2) is 47.4 Å². The highest BCUT2D eigenvalue weighted by atomic mass is 32.2. The fraction of sp³-hybridized carbons (Fsp3) is 0.364. The van der Waals surface area contributed by atoms with Gasteiger partial charge in [0.1, 0.15) is 23.5 Å². The quantitative estimate of drug-likeness (QED) is 0.609. The first kappa shape index (κ1) is 22.5. The number of benzene rings is 2. The third kappa shape index (κ3) is 5.20. The molecule has 170 valence electrons. The van der Waals surface area contributed by atoms with Gasteiger partial charge in [-0.05, 0) is 43.5 Å². The lowest BCUT2D eigenvalue weighted by Crippen LogP contribution is -2.34. The van der Waals surface area contributed by atoms with E-state index in [0.29, 0.717) is 50.5 Å². The standard InChI is InChI=1S/C22H25F2N5O2S/c1-15-3-2-4-16(11-15)12-22-26-21(14-28-9-7-17(23)8-10-28)27-29(22)20-6-5-18(13-19(20)24)32(25,30)31/h2-6,11,13,17H,7-10,12,14H2,1H3,(H2,25,30,31). The van der Waals surface area contributed by atoms with E-state index >= 15 is 0 Å². The molecule has 0 spiro atoms. The van der Waals surface area contributed by atoms with Gasteiger partial charge in [-0.3, -0.25) is 4.90 Å². The number of halogens is 2. The molecule has 0 radical (unpaired) electrons. The minimum absolute atomic E-state index is 0.0845. The van der Waals surface area contributed by atoms with E-state index in [0.717, 1.165) is 17.2 Å². The van der Waals surface area contributed by atoms with Crippen LogP contribution in [0.1, 0.15) is 35.6 Å². The molecular formula is C22H25F2N5O2S. The summed E-state index contributed by atoms with van der Waals surface area (Å²) in [6.45, 7) is 3.64. The third-order valence-corrected chi connectivity index (χ3v) is 6.43. The van der Waals surface area contributed by atoms with Crippen molar-refractivity contribution >= 4 is 10.0 Å². The number of rotatable bonds is 6. The molecule has 0 amide bonds. The van der Waals surface area contributed by atoms with E-state index in [1.165, 1.54) is 16.8 Å². The second-order valence-electron chi connectivity index (χ2n) is 8.13. The van der Waals surface area contributed by atoms with Crippen molar-refractivity contribution in [2.24, 2.45) is 5.14 Å². The van der Waals surface area contributed by atoms with E-state index in [2.05, 4.69) is 15.0 Å². The Hall–Kier alpha value is -2.69. The number of hydrogen-bond donors (Lipinski definition) is 1. The van der Waals surface area contributed by atoms with Gasteiger partial charge in [0, 0.05) is 19.5 Å². The molecule has 32 heavy (non-hydrogen) atoms. The molecule has 0 atom stereocenters. The summed E-state index contributed by atoms with van der Waals surface area (Å²) in [5, 5.41) is 9.63. The highest BCUT2D eigenvalue weighted by Gasteiger charge is 2.22. The number of nitrogens with zero attached hydrogens (tertiary/aromatic N) is 4. The second kappa shape index (κ2) is 9.05. The van der Waals surface area contributed by atoms with Crippen LogP contribution in [0.25, 0.3) is 5.69 Å². The molecule has 3 aromatic rings. The lowest BCUT2D eigenvalue weighted by molar-refractivity contribution is 0.143. The van der Waals surface area contributed by atoms with Gasteiger partial charge >= 0.3 is 0 Å². The lowest BCUT2D eigenvalue weighted by Gasteiger charge is -2.27. The number of nitrogens with two attached hydrogens (primary N) is 1. The van der Waals surface area contributed by atoms with Gasteiger partial charge in [-0.25, -0.2) is 32.0 Å². The zero-order valence-electron chi connectivity index (χ0n) is 17.7. The Morgan fingerprint density at radius 1 is 1.16 bits per heavy atom. The van der Waals surface area contributed by atoms with E-state index in [-0.39, 0.29) is 10.6 Å². The molecule has 0 saturated carbocycles. The molecule has 2 heterocycles. The zero-order chi connectivity index (χ0) is 22.9. The molecule has 10 heteroatoms. The first-order valence-electron chi connectivity index (χ1n) is 10.4. The van der Waals surface area contributed by atoms with Gasteiger partial charge in [0.25, 0.3) is 0 Å². The largest absolute Gasteiger partial charge is 0.296 e. The molecule has 1 aliphatic heterocycles. The average molecular weight is 462 g/mol. The summed E-state index contributed by atoms with van der Waals surface area (Å²) in [5.74, 6) is 0.254. The molecule has 4 rings (SSSR count). The van der Waals surface area contributed by atoms with Gasteiger partial charge in [0.2, 0.25) is 10.0 Å². The van der Waals surface area contributed by atoms with Crippen molar-refractivity contribution in [1.82, 2.24) is 19.7 Å². The number of sulfonamides is 1. The molecule has 7 nitrogen and oxygen atoms in total. The molecule has 1 saturated heterocycles. The van der Waals surface area contributed by atoms with E-state index in [9.17, 15) is 17.2 Å². The molecule has 2 aromatic carbocycles. The highest BCUT2D eigenvalue weighted by molar-refractivity contribution is 7.89. The minimum Gasteiger partial charge on any atom is -0.296 e. The number of alkyl halides is 1. The smallest absolute Gasteiger partial charge is 0.238 e. The van der Waals surface area contributed by atoms with Crippen LogP contribution in [0.2, 0.25) is 0 Å². The third-order valence-electron chi connectivity index (χ3n) is 5.52. The number of primary sulfonamides is 1. The Kier molecular flexibility index (Phi) is 6.36. The first-order chi connectivity index (χ1) is 15.2. The molecule has 0 unspecified atom stereocenters. The molecule has 2 N–H and O–H groups in total. The Bertz CT molecular complexity index is 1220. The van der Waals surface area contributed by atoms with Crippen molar-refractivity contribution in [3.05, 3.63) is 71.1 Å². The van der Waals surface area contributed by atoms with Crippen LogP contribution in [0.5, 0.6) is 0 Å². The van der Waals surface area contributed by atoms with Crippen LogP contribution >= 0.6 is 0 Å². The van der Waals surface area contributed by atoms with Gasteiger partial charge in [0.15, 0.2) is 5.82 Å². The summed E-state index contributed by atoms with van der Waals surface area (Å²) in [6.07, 6.45) is 0.582. The zero-order valence-corrected chi connectivity index (χ0v) is 18.5. The summed E-state index contributed by atoms with van der Waals surface area (Å²) in [6, 6.07) is 11.4. The highest BCUT2D eigenvalue weighted by Crippen LogP contribution is 2.22. The van der Waals surface area contributed by atoms with Crippen molar-refractivity contribution in [3.8, 4) is 5.69 Å². The van der Waals surface area contributed by atoms with Crippen LogP contribution in [0.4, 0.5) is 8.78 Å². The summed E-state index contributed by atoms with van der Waals surface area (Å²) in [7, 11) is -4.03. The van der Waals surface area contributed by atoms with Crippen LogP contribution in [0.3, 0.4) is 0 Å². The molecule has 0 bridgehead atoms. The minimum atomic E-state index is -4.03.